The average molecular weight is 311 g/mol. The van der Waals surface area contributed by atoms with E-state index in [1.54, 1.807) is 0 Å². The zero-order valence-corrected chi connectivity index (χ0v) is 14.6. The summed E-state index contributed by atoms with van der Waals surface area (Å²) in [5.41, 5.74) is 3.59. The van der Waals surface area contributed by atoms with Crippen molar-refractivity contribution in [3.8, 4) is 12.3 Å². The first-order chi connectivity index (χ1) is 10.9. The lowest BCUT2D eigenvalue weighted by atomic mass is 9.87. The molecule has 2 heteroatoms. The quantitative estimate of drug-likeness (QED) is 0.514. The molecule has 1 aromatic rings. The fraction of sp³-hybridized carbons (Fsp3) is 0.476. The van der Waals surface area contributed by atoms with Crippen LogP contribution in [-0.2, 0) is 0 Å². The largest absolute Gasteiger partial charge is 0.292 e. The molecule has 0 bridgehead atoms. The van der Waals surface area contributed by atoms with Gasteiger partial charge in [-0.25, -0.2) is 4.39 Å². The third kappa shape index (κ3) is 3.55. The van der Waals surface area contributed by atoms with E-state index in [-0.39, 0.29) is 17.2 Å². The van der Waals surface area contributed by atoms with E-state index in [1.807, 2.05) is 19.2 Å². The molecule has 1 nitrogen and oxygen atoms in total. The van der Waals surface area contributed by atoms with E-state index in [1.165, 1.54) is 11.6 Å². The molecule has 0 heterocycles. The third-order valence-corrected chi connectivity index (χ3v) is 4.69. The smallest absolute Gasteiger partial charge is 0.128 e. The summed E-state index contributed by atoms with van der Waals surface area (Å²) in [5.74, 6) is 2.35. The summed E-state index contributed by atoms with van der Waals surface area (Å²) in [6, 6.07) is 5.14. The number of hydrogen-bond donors (Lipinski definition) is 0. The van der Waals surface area contributed by atoms with Crippen LogP contribution in [0.2, 0.25) is 0 Å². The van der Waals surface area contributed by atoms with E-state index in [2.05, 4.69) is 37.8 Å². The molecule has 1 aliphatic rings. The minimum Gasteiger partial charge on any atom is -0.292 e. The number of terminal acetylenes is 1. The van der Waals surface area contributed by atoms with Crippen LogP contribution in [0.1, 0.15) is 63.5 Å². The molecule has 1 fully saturated rings. The predicted molar refractivity (Wildman–Crippen MR) is 96.4 cm³/mol. The summed E-state index contributed by atoms with van der Waals surface area (Å²) < 4.78 is 14.6. The second-order valence-corrected chi connectivity index (χ2v) is 6.90. The first kappa shape index (κ1) is 17.5. The van der Waals surface area contributed by atoms with Gasteiger partial charge >= 0.3 is 0 Å². The van der Waals surface area contributed by atoms with Crippen LogP contribution in [0.25, 0.3) is 0 Å². The lowest BCUT2D eigenvalue weighted by Crippen LogP contribution is -2.17. The number of unbranched alkanes of at least 4 members (excludes halogenated alkanes) is 2. The van der Waals surface area contributed by atoms with E-state index < -0.39 is 0 Å². The lowest BCUT2D eigenvalue weighted by molar-refractivity contribution is 0.477. The van der Waals surface area contributed by atoms with Crippen LogP contribution >= 0.6 is 0 Å². The monoisotopic (exact) mass is 311 g/mol. The molecule has 1 aromatic carbocycles. The SMILES string of the molecule is C#Cc1ccc(C2CC(C)(C)C(=NC)/C2=C\CCCC)c(F)c1. The molecule has 23 heavy (non-hydrogen) atoms. The van der Waals surface area contributed by atoms with Gasteiger partial charge in [0.1, 0.15) is 5.82 Å². The molecule has 0 aromatic heterocycles. The molecule has 1 aliphatic carbocycles. The van der Waals surface area contributed by atoms with E-state index in [0.717, 1.165) is 37.0 Å². The van der Waals surface area contributed by atoms with Crippen molar-refractivity contribution >= 4 is 5.71 Å². The summed E-state index contributed by atoms with van der Waals surface area (Å²) in [4.78, 5) is 4.53. The van der Waals surface area contributed by atoms with Crippen molar-refractivity contribution < 1.29 is 4.39 Å². The van der Waals surface area contributed by atoms with Gasteiger partial charge in [0.2, 0.25) is 0 Å². The molecule has 2 rings (SSSR count). The van der Waals surface area contributed by atoms with Crippen molar-refractivity contribution in [2.24, 2.45) is 10.4 Å². The fourth-order valence-corrected chi connectivity index (χ4v) is 3.58. The second kappa shape index (κ2) is 7.13. The number of nitrogens with zero attached hydrogens (tertiary/aromatic N) is 1. The normalized spacial score (nSPS) is 23.4. The number of rotatable bonds is 4. The standard InChI is InChI=1S/C21H26FN/c1-6-8-9-10-17-18(14-21(3,4)20(17)23-5)16-12-11-15(7-2)13-19(16)22/h2,10-13,18H,6,8-9,14H2,1,3-5H3/b17-10-,23-20?. The minimum atomic E-state index is -0.208. The highest BCUT2D eigenvalue weighted by Crippen LogP contribution is 2.48. The van der Waals surface area contributed by atoms with Crippen molar-refractivity contribution in [3.05, 3.63) is 46.8 Å². The van der Waals surface area contributed by atoms with Crippen molar-refractivity contribution in [2.45, 2.75) is 52.4 Å². The van der Waals surface area contributed by atoms with Crippen LogP contribution in [-0.4, -0.2) is 12.8 Å². The van der Waals surface area contributed by atoms with Gasteiger partial charge in [0.25, 0.3) is 0 Å². The highest BCUT2D eigenvalue weighted by molar-refractivity contribution is 6.07. The van der Waals surface area contributed by atoms with Crippen molar-refractivity contribution in [3.63, 3.8) is 0 Å². The van der Waals surface area contributed by atoms with Crippen LogP contribution < -0.4 is 0 Å². The Kier molecular flexibility index (Phi) is 5.42. The molecule has 1 saturated carbocycles. The molecule has 1 unspecified atom stereocenters. The van der Waals surface area contributed by atoms with Gasteiger partial charge in [0.15, 0.2) is 0 Å². The molecule has 0 radical (unpaired) electrons. The van der Waals surface area contributed by atoms with Crippen LogP contribution in [0.15, 0.2) is 34.8 Å². The van der Waals surface area contributed by atoms with Gasteiger partial charge in [-0.1, -0.05) is 51.7 Å². The van der Waals surface area contributed by atoms with Gasteiger partial charge < -0.3 is 0 Å². The van der Waals surface area contributed by atoms with E-state index in [4.69, 9.17) is 6.42 Å². The summed E-state index contributed by atoms with van der Waals surface area (Å²) in [6.45, 7) is 6.56. The molecule has 122 valence electrons. The van der Waals surface area contributed by atoms with Crippen molar-refractivity contribution in [1.29, 1.82) is 0 Å². The number of hydrogen-bond acceptors (Lipinski definition) is 1. The average Bonchev–Trinajstić information content (AvgIpc) is 2.77. The Labute approximate surface area is 139 Å². The Morgan fingerprint density at radius 1 is 1.43 bits per heavy atom. The van der Waals surface area contributed by atoms with Crippen LogP contribution in [0.3, 0.4) is 0 Å². The van der Waals surface area contributed by atoms with E-state index in [9.17, 15) is 4.39 Å². The topological polar surface area (TPSA) is 12.4 Å². The van der Waals surface area contributed by atoms with Gasteiger partial charge in [-0.15, -0.1) is 6.42 Å². The first-order valence-corrected chi connectivity index (χ1v) is 8.38. The summed E-state index contributed by atoms with van der Waals surface area (Å²) >= 11 is 0. The van der Waals surface area contributed by atoms with Crippen LogP contribution in [0.4, 0.5) is 4.39 Å². The third-order valence-electron chi connectivity index (χ3n) is 4.69. The van der Waals surface area contributed by atoms with Gasteiger partial charge in [0.05, 0.1) is 0 Å². The summed E-state index contributed by atoms with van der Waals surface area (Å²) in [5, 5.41) is 0. The number of benzene rings is 1. The van der Waals surface area contributed by atoms with Crippen LogP contribution in [0, 0.1) is 23.6 Å². The Morgan fingerprint density at radius 3 is 2.74 bits per heavy atom. The molecular formula is C21H26FN. The lowest BCUT2D eigenvalue weighted by Gasteiger charge is -2.17. The molecule has 0 N–H and O–H groups in total. The first-order valence-electron chi connectivity index (χ1n) is 8.38. The Morgan fingerprint density at radius 2 is 2.17 bits per heavy atom. The molecular weight excluding hydrogens is 285 g/mol. The maximum atomic E-state index is 14.6. The zero-order valence-electron chi connectivity index (χ0n) is 14.6. The van der Waals surface area contributed by atoms with Gasteiger partial charge in [-0.2, -0.15) is 0 Å². The zero-order chi connectivity index (χ0) is 17.0. The maximum Gasteiger partial charge on any atom is 0.128 e. The van der Waals surface area contributed by atoms with Gasteiger partial charge in [0, 0.05) is 29.7 Å². The predicted octanol–water partition coefficient (Wildman–Crippen LogP) is 5.51. The molecule has 0 spiro atoms. The molecule has 1 atom stereocenters. The summed E-state index contributed by atoms with van der Waals surface area (Å²) in [6.07, 6.45) is 11.8. The number of allylic oxidation sites excluding steroid dienone is 2. The van der Waals surface area contributed by atoms with Crippen molar-refractivity contribution in [1.82, 2.24) is 0 Å². The Bertz CT molecular complexity index is 674. The van der Waals surface area contributed by atoms with Gasteiger partial charge in [-0.3, -0.25) is 4.99 Å². The van der Waals surface area contributed by atoms with E-state index in [0.29, 0.717) is 5.56 Å². The van der Waals surface area contributed by atoms with E-state index >= 15 is 0 Å². The Hall–Kier alpha value is -1.88. The molecule has 0 aliphatic heterocycles. The molecule has 0 amide bonds. The summed E-state index contributed by atoms with van der Waals surface area (Å²) in [7, 11) is 1.84. The number of halogens is 1. The molecule has 0 saturated heterocycles. The second-order valence-electron chi connectivity index (χ2n) is 6.90. The van der Waals surface area contributed by atoms with Crippen LogP contribution in [0.5, 0.6) is 0 Å². The van der Waals surface area contributed by atoms with Gasteiger partial charge in [-0.05, 0) is 36.1 Å². The minimum absolute atomic E-state index is 0.0330. The fourth-order valence-electron chi connectivity index (χ4n) is 3.58. The van der Waals surface area contributed by atoms with Crippen molar-refractivity contribution in [2.75, 3.05) is 7.05 Å². The number of aliphatic imine (C=N–C) groups is 1. The Balaban J connectivity index is 2.47. The highest BCUT2D eigenvalue weighted by atomic mass is 19.1. The highest BCUT2D eigenvalue weighted by Gasteiger charge is 2.42. The maximum absolute atomic E-state index is 14.6.